The van der Waals surface area contributed by atoms with Crippen molar-refractivity contribution in [3.05, 3.63) is 46.2 Å². The van der Waals surface area contributed by atoms with E-state index in [-0.39, 0.29) is 30.6 Å². The fourth-order valence-electron chi connectivity index (χ4n) is 4.51. The minimum Gasteiger partial charge on any atom is -0.497 e. The molecule has 3 heterocycles. The largest absolute Gasteiger partial charge is 0.497 e. The second-order valence-corrected chi connectivity index (χ2v) is 9.49. The number of rotatable bonds is 9. The molecule has 34 heavy (non-hydrogen) atoms. The number of fused-ring (bicyclic) bond motifs is 1. The summed E-state index contributed by atoms with van der Waals surface area (Å²) >= 11 is 1.71. The number of nitrogens with zero attached hydrogens (tertiary/aromatic N) is 2. The lowest BCUT2D eigenvalue weighted by atomic mass is 10.0. The minimum absolute atomic E-state index is 0.0147. The van der Waals surface area contributed by atoms with Gasteiger partial charge in [0.15, 0.2) is 0 Å². The van der Waals surface area contributed by atoms with Gasteiger partial charge in [0.2, 0.25) is 5.91 Å². The summed E-state index contributed by atoms with van der Waals surface area (Å²) in [7, 11) is 1.62. The van der Waals surface area contributed by atoms with Gasteiger partial charge in [-0.1, -0.05) is 6.07 Å². The van der Waals surface area contributed by atoms with Gasteiger partial charge in [-0.05, 0) is 55.3 Å². The normalized spacial score (nSPS) is 19.4. The third-order valence-electron chi connectivity index (χ3n) is 6.25. The summed E-state index contributed by atoms with van der Waals surface area (Å²) in [6.07, 6.45) is 2.68. The molecule has 0 aliphatic carbocycles. The van der Waals surface area contributed by atoms with Crippen LogP contribution in [0.2, 0.25) is 0 Å². The number of hydrogen-bond acceptors (Lipinski definition) is 6. The Morgan fingerprint density at radius 1 is 1.29 bits per heavy atom. The van der Waals surface area contributed by atoms with Gasteiger partial charge in [-0.2, -0.15) is 0 Å². The fraction of sp³-hybridized carbons (Fsp3) is 0.520. The van der Waals surface area contributed by atoms with Crippen LogP contribution in [-0.4, -0.2) is 74.3 Å². The Bertz CT molecular complexity index is 975. The highest BCUT2D eigenvalue weighted by molar-refractivity contribution is 7.10. The first-order chi connectivity index (χ1) is 16.6. The molecule has 2 atom stereocenters. The first kappa shape index (κ1) is 24.3. The van der Waals surface area contributed by atoms with E-state index in [1.165, 1.54) is 4.88 Å². The zero-order chi connectivity index (χ0) is 23.9. The number of urea groups is 1. The van der Waals surface area contributed by atoms with Crippen LogP contribution >= 0.6 is 11.3 Å². The lowest BCUT2D eigenvalue weighted by molar-refractivity contribution is -0.135. The molecule has 1 fully saturated rings. The number of carbonyl (C=O) groups is 2. The molecule has 8 nitrogen and oxygen atoms in total. The zero-order valence-corrected chi connectivity index (χ0v) is 20.6. The molecule has 0 radical (unpaired) electrons. The molecule has 2 aliphatic heterocycles. The van der Waals surface area contributed by atoms with E-state index in [0.29, 0.717) is 38.6 Å². The van der Waals surface area contributed by atoms with E-state index in [4.69, 9.17) is 14.2 Å². The Morgan fingerprint density at radius 3 is 2.91 bits per heavy atom. The van der Waals surface area contributed by atoms with Crippen molar-refractivity contribution < 1.29 is 23.8 Å². The summed E-state index contributed by atoms with van der Waals surface area (Å²) < 4.78 is 17.1. The van der Waals surface area contributed by atoms with Crippen molar-refractivity contribution in [3.63, 3.8) is 0 Å². The van der Waals surface area contributed by atoms with E-state index >= 15 is 0 Å². The van der Waals surface area contributed by atoms with Crippen LogP contribution in [0.15, 0.2) is 35.7 Å². The highest BCUT2D eigenvalue weighted by Crippen LogP contribution is 2.34. The molecule has 4 rings (SSSR count). The van der Waals surface area contributed by atoms with Crippen LogP contribution < -0.4 is 14.8 Å². The van der Waals surface area contributed by atoms with Crippen molar-refractivity contribution in [2.75, 3.05) is 46.5 Å². The number of carbonyl (C=O) groups excluding carboxylic acids is 2. The number of hydrogen-bond donors (Lipinski definition) is 1. The lowest BCUT2D eigenvalue weighted by Gasteiger charge is -2.37. The Kier molecular flexibility index (Phi) is 8.29. The zero-order valence-electron chi connectivity index (χ0n) is 19.8. The van der Waals surface area contributed by atoms with E-state index in [1.54, 1.807) is 23.3 Å². The average molecular weight is 488 g/mol. The van der Waals surface area contributed by atoms with Crippen LogP contribution in [0.5, 0.6) is 11.5 Å². The molecule has 2 aliphatic rings. The number of nitrogens with one attached hydrogen (secondary N) is 1. The molecule has 1 N–H and O–H groups in total. The molecule has 0 bridgehead atoms. The molecule has 9 heteroatoms. The summed E-state index contributed by atoms with van der Waals surface area (Å²) in [5.41, 5.74) is 1.12. The van der Waals surface area contributed by atoms with Crippen LogP contribution in [0.3, 0.4) is 0 Å². The minimum atomic E-state index is -0.233. The van der Waals surface area contributed by atoms with Gasteiger partial charge >= 0.3 is 6.03 Å². The first-order valence-electron chi connectivity index (χ1n) is 11.9. The Labute approximate surface area is 204 Å². The summed E-state index contributed by atoms with van der Waals surface area (Å²) in [6.45, 7) is 4.45. The molecule has 0 spiro atoms. The Hall–Kier alpha value is -2.78. The first-order valence-corrected chi connectivity index (χ1v) is 12.7. The van der Waals surface area contributed by atoms with Crippen LogP contribution in [-0.2, 0) is 16.0 Å². The van der Waals surface area contributed by atoms with E-state index < -0.39 is 0 Å². The average Bonchev–Trinajstić information content (AvgIpc) is 3.54. The number of methoxy groups -OCH3 is 1. The van der Waals surface area contributed by atoms with Crippen LogP contribution in [0.25, 0.3) is 0 Å². The fourth-order valence-corrected chi connectivity index (χ4v) is 5.44. The van der Waals surface area contributed by atoms with Gasteiger partial charge in [0.25, 0.3) is 0 Å². The van der Waals surface area contributed by atoms with Gasteiger partial charge in [-0.25, -0.2) is 4.79 Å². The monoisotopic (exact) mass is 487 g/mol. The Morgan fingerprint density at radius 2 is 2.15 bits per heavy atom. The van der Waals surface area contributed by atoms with Gasteiger partial charge in [-0.15, -0.1) is 11.3 Å². The topological polar surface area (TPSA) is 80.3 Å². The maximum absolute atomic E-state index is 13.5. The quantitative estimate of drug-likeness (QED) is 0.586. The van der Waals surface area contributed by atoms with Crippen molar-refractivity contribution in [1.29, 1.82) is 0 Å². The number of benzene rings is 1. The summed E-state index contributed by atoms with van der Waals surface area (Å²) in [6, 6.07) is 9.09. The number of thiophene rings is 1. The predicted molar refractivity (Wildman–Crippen MR) is 131 cm³/mol. The van der Waals surface area contributed by atoms with Crippen LogP contribution in [0.4, 0.5) is 4.79 Å². The molecule has 3 amide bonds. The Balaban J connectivity index is 1.48. The molecule has 1 saturated heterocycles. The van der Waals surface area contributed by atoms with Gasteiger partial charge in [0.05, 0.1) is 19.3 Å². The predicted octanol–water partition coefficient (Wildman–Crippen LogP) is 3.47. The maximum Gasteiger partial charge on any atom is 0.317 e. The molecular formula is C25H33N3O5S. The molecule has 0 saturated carbocycles. The second-order valence-electron chi connectivity index (χ2n) is 8.49. The summed E-state index contributed by atoms with van der Waals surface area (Å²) in [4.78, 5) is 31.0. The highest BCUT2D eigenvalue weighted by Gasteiger charge is 2.34. The van der Waals surface area contributed by atoms with Crippen LogP contribution in [0.1, 0.15) is 36.2 Å². The van der Waals surface area contributed by atoms with Crippen molar-refractivity contribution in [2.45, 2.75) is 38.3 Å². The summed E-state index contributed by atoms with van der Waals surface area (Å²) in [5, 5.41) is 4.90. The second kappa shape index (κ2) is 11.6. The van der Waals surface area contributed by atoms with Gasteiger partial charge in [0.1, 0.15) is 24.7 Å². The van der Waals surface area contributed by atoms with E-state index in [1.807, 2.05) is 36.1 Å². The number of amides is 3. The molecule has 0 unspecified atom stereocenters. The summed E-state index contributed by atoms with van der Waals surface area (Å²) in [5.74, 6) is 1.33. The van der Waals surface area contributed by atoms with Crippen LogP contribution in [0, 0.1) is 0 Å². The van der Waals surface area contributed by atoms with E-state index in [0.717, 1.165) is 30.6 Å². The van der Waals surface area contributed by atoms with Gasteiger partial charge < -0.3 is 29.3 Å². The third-order valence-corrected chi connectivity index (χ3v) is 7.25. The molecule has 184 valence electrons. The van der Waals surface area contributed by atoms with Crippen molar-refractivity contribution in [2.24, 2.45) is 0 Å². The van der Waals surface area contributed by atoms with Crippen molar-refractivity contribution >= 4 is 23.3 Å². The molecule has 1 aromatic carbocycles. The number of ether oxygens (including phenoxy) is 3. The highest BCUT2D eigenvalue weighted by atomic mass is 32.1. The third kappa shape index (κ3) is 5.82. The van der Waals surface area contributed by atoms with Crippen molar-refractivity contribution in [3.8, 4) is 11.5 Å². The SMILES string of the molecule is CCNC(=O)N(CC(=O)N1CCc2sccc2[C@H]1COc1cccc(OC)c1)C[C@@H]1CCCO1. The maximum atomic E-state index is 13.5. The van der Waals surface area contributed by atoms with Gasteiger partial charge in [-0.3, -0.25) is 4.79 Å². The molecule has 2 aromatic rings. The van der Waals surface area contributed by atoms with E-state index in [9.17, 15) is 9.59 Å². The van der Waals surface area contributed by atoms with Crippen molar-refractivity contribution in [1.82, 2.24) is 15.1 Å². The van der Waals surface area contributed by atoms with Gasteiger partial charge in [0, 0.05) is 37.2 Å². The lowest BCUT2D eigenvalue weighted by Crippen LogP contribution is -2.51. The smallest absolute Gasteiger partial charge is 0.317 e. The molecular weight excluding hydrogens is 454 g/mol. The molecule has 1 aromatic heterocycles. The van der Waals surface area contributed by atoms with E-state index in [2.05, 4.69) is 16.8 Å². The standard InChI is InChI=1S/C25H33N3O5S/c1-3-26-25(30)27(15-20-8-5-12-32-20)16-24(29)28-11-9-23-21(10-13-34-23)22(28)17-33-19-7-4-6-18(14-19)31-2/h4,6-7,10,13-14,20,22H,3,5,8-9,11-12,15-17H2,1-2H3,(H,26,30)/t20-,22+/m0/s1.